The van der Waals surface area contributed by atoms with Crippen LogP contribution in [0.25, 0.3) is 16.6 Å². The van der Waals surface area contributed by atoms with Crippen molar-refractivity contribution in [3.63, 3.8) is 0 Å². The summed E-state index contributed by atoms with van der Waals surface area (Å²) in [6, 6.07) is 20.8. The first-order chi connectivity index (χ1) is 11.2. The number of rotatable bonds is 3. The summed E-state index contributed by atoms with van der Waals surface area (Å²) in [6.07, 6.45) is 0. The molecule has 0 aliphatic carbocycles. The molecule has 0 atom stereocenters. The molecule has 2 heterocycles. The molecule has 114 valence electrons. The van der Waals surface area contributed by atoms with Gasteiger partial charge in [-0.05, 0) is 24.6 Å². The molecule has 0 fully saturated rings. The average molecular weight is 302 g/mol. The van der Waals surface area contributed by atoms with E-state index in [4.69, 9.17) is 4.98 Å². The van der Waals surface area contributed by atoms with Crippen molar-refractivity contribution in [1.29, 1.82) is 0 Å². The van der Waals surface area contributed by atoms with Gasteiger partial charge in [-0.2, -0.15) is 5.10 Å². The molecular formula is C19H18N4. The minimum absolute atomic E-state index is 0.821. The smallest absolute Gasteiger partial charge is 0.158 e. The maximum Gasteiger partial charge on any atom is 0.158 e. The highest BCUT2D eigenvalue weighted by molar-refractivity contribution is 5.91. The lowest BCUT2D eigenvalue weighted by molar-refractivity contribution is 0.893. The molecule has 0 aliphatic heterocycles. The highest BCUT2D eigenvalue weighted by Crippen LogP contribution is 2.26. The number of benzene rings is 2. The van der Waals surface area contributed by atoms with E-state index in [1.165, 1.54) is 5.56 Å². The van der Waals surface area contributed by atoms with Crippen LogP contribution in [0.4, 0.5) is 5.82 Å². The van der Waals surface area contributed by atoms with Crippen LogP contribution in [0.1, 0.15) is 11.3 Å². The van der Waals surface area contributed by atoms with E-state index in [9.17, 15) is 0 Å². The molecule has 0 saturated carbocycles. The Bertz CT molecular complexity index is 973. The van der Waals surface area contributed by atoms with E-state index < -0.39 is 0 Å². The molecule has 23 heavy (non-hydrogen) atoms. The first-order valence-corrected chi connectivity index (χ1v) is 7.72. The van der Waals surface area contributed by atoms with Crippen molar-refractivity contribution in [2.24, 2.45) is 0 Å². The van der Waals surface area contributed by atoms with Crippen molar-refractivity contribution in [3.05, 3.63) is 71.9 Å². The van der Waals surface area contributed by atoms with Gasteiger partial charge in [0.05, 0.1) is 11.2 Å². The van der Waals surface area contributed by atoms with Crippen LogP contribution in [0.3, 0.4) is 0 Å². The fourth-order valence-electron chi connectivity index (χ4n) is 2.98. The van der Waals surface area contributed by atoms with Crippen LogP contribution in [0.15, 0.2) is 60.7 Å². The van der Waals surface area contributed by atoms with E-state index in [0.29, 0.717) is 0 Å². The Morgan fingerprint density at radius 3 is 2.57 bits per heavy atom. The third kappa shape index (κ3) is 2.42. The van der Waals surface area contributed by atoms with E-state index in [-0.39, 0.29) is 0 Å². The fraction of sp³-hybridized carbons (Fsp3) is 0.158. The quantitative estimate of drug-likeness (QED) is 0.577. The molecule has 4 aromatic rings. The van der Waals surface area contributed by atoms with Crippen molar-refractivity contribution in [3.8, 4) is 0 Å². The highest BCUT2D eigenvalue weighted by atomic mass is 15.3. The fourth-order valence-corrected chi connectivity index (χ4v) is 2.98. The number of fused-ring (bicyclic) bond motifs is 3. The lowest BCUT2D eigenvalue weighted by Gasteiger charge is -2.20. The number of aromatic nitrogens is 3. The maximum atomic E-state index is 4.85. The van der Waals surface area contributed by atoms with Gasteiger partial charge in [0, 0.05) is 25.0 Å². The first-order valence-electron chi connectivity index (χ1n) is 7.72. The minimum Gasteiger partial charge on any atom is -0.355 e. The average Bonchev–Trinajstić information content (AvgIpc) is 2.95. The van der Waals surface area contributed by atoms with Gasteiger partial charge in [-0.15, -0.1) is 0 Å². The van der Waals surface area contributed by atoms with Crippen molar-refractivity contribution in [1.82, 2.24) is 14.6 Å². The zero-order chi connectivity index (χ0) is 15.8. The largest absolute Gasteiger partial charge is 0.355 e. The third-order valence-electron chi connectivity index (χ3n) is 4.03. The van der Waals surface area contributed by atoms with Crippen molar-refractivity contribution < 1.29 is 0 Å². The van der Waals surface area contributed by atoms with Crippen molar-refractivity contribution in [2.75, 3.05) is 11.9 Å². The SMILES string of the molecule is Cc1cc2nc(N(C)Cc3ccccc3)c3ccccc3n2n1. The second kappa shape index (κ2) is 5.39. The molecule has 0 bridgehead atoms. The third-order valence-corrected chi connectivity index (χ3v) is 4.03. The van der Waals surface area contributed by atoms with Gasteiger partial charge in [0.25, 0.3) is 0 Å². The molecule has 0 N–H and O–H groups in total. The zero-order valence-corrected chi connectivity index (χ0v) is 13.3. The van der Waals surface area contributed by atoms with Crippen LogP contribution in [0.5, 0.6) is 0 Å². The van der Waals surface area contributed by atoms with E-state index in [1.807, 2.05) is 35.7 Å². The van der Waals surface area contributed by atoms with Crippen LogP contribution >= 0.6 is 0 Å². The lowest BCUT2D eigenvalue weighted by Crippen LogP contribution is -2.18. The first kappa shape index (κ1) is 13.8. The van der Waals surface area contributed by atoms with E-state index >= 15 is 0 Å². The molecule has 2 aromatic carbocycles. The van der Waals surface area contributed by atoms with Crippen LogP contribution in [0.2, 0.25) is 0 Å². The van der Waals surface area contributed by atoms with Gasteiger partial charge < -0.3 is 4.90 Å². The Kier molecular flexibility index (Phi) is 3.23. The van der Waals surface area contributed by atoms with Crippen LogP contribution in [0, 0.1) is 6.92 Å². The van der Waals surface area contributed by atoms with E-state index in [1.54, 1.807) is 0 Å². The second-order valence-electron chi connectivity index (χ2n) is 5.85. The van der Waals surface area contributed by atoms with Crippen molar-refractivity contribution in [2.45, 2.75) is 13.5 Å². The topological polar surface area (TPSA) is 33.4 Å². The Balaban J connectivity index is 1.87. The van der Waals surface area contributed by atoms with Gasteiger partial charge in [-0.3, -0.25) is 0 Å². The number of anilines is 1. The van der Waals surface area contributed by atoms with E-state index in [0.717, 1.165) is 34.6 Å². The predicted molar refractivity (Wildman–Crippen MR) is 93.8 cm³/mol. The van der Waals surface area contributed by atoms with Gasteiger partial charge >= 0.3 is 0 Å². The highest BCUT2D eigenvalue weighted by Gasteiger charge is 2.13. The number of aryl methyl sites for hydroxylation is 1. The zero-order valence-electron chi connectivity index (χ0n) is 13.3. The van der Waals surface area contributed by atoms with Gasteiger partial charge in [0.15, 0.2) is 5.65 Å². The Morgan fingerprint density at radius 1 is 1.00 bits per heavy atom. The van der Waals surface area contributed by atoms with E-state index in [2.05, 4.69) is 53.4 Å². The van der Waals surface area contributed by atoms with Gasteiger partial charge in [-0.1, -0.05) is 42.5 Å². The Hall–Kier alpha value is -2.88. The molecule has 0 radical (unpaired) electrons. The molecule has 4 nitrogen and oxygen atoms in total. The summed E-state index contributed by atoms with van der Waals surface area (Å²) in [5.41, 5.74) is 4.22. The molecule has 4 heteroatoms. The lowest BCUT2D eigenvalue weighted by atomic mass is 10.2. The normalized spacial score (nSPS) is 11.2. The summed E-state index contributed by atoms with van der Waals surface area (Å²) in [6.45, 7) is 2.82. The number of para-hydroxylation sites is 1. The molecule has 0 unspecified atom stereocenters. The molecular weight excluding hydrogens is 284 g/mol. The van der Waals surface area contributed by atoms with Crippen LogP contribution < -0.4 is 4.90 Å². The predicted octanol–water partition coefficient (Wildman–Crippen LogP) is 3.83. The van der Waals surface area contributed by atoms with Crippen molar-refractivity contribution >= 4 is 22.4 Å². The van der Waals surface area contributed by atoms with Crippen LogP contribution in [-0.2, 0) is 6.54 Å². The van der Waals surface area contributed by atoms with Gasteiger partial charge in [0.2, 0.25) is 0 Å². The van der Waals surface area contributed by atoms with Crippen LogP contribution in [-0.4, -0.2) is 21.6 Å². The molecule has 0 aliphatic rings. The molecule has 4 rings (SSSR count). The number of nitrogens with zero attached hydrogens (tertiary/aromatic N) is 4. The summed E-state index contributed by atoms with van der Waals surface area (Å²) in [7, 11) is 2.08. The summed E-state index contributed by atoms with van der Waals surface area (Å²) < 4.78 is 1.92. The van der Waals surface area contributed by atoms with Gasteiger partial charge in [-0.25, -0.2) is 9.50 Å². The summed E-state index contributed by atoms with van der Waals surface area (Å²) in [5, 5.41) is 5.67. The summed E-state index contributed by atoms with van der Waals surface area (Å²) in [4.78, 5) is 7.04. The Labute approximate surface area is 135 Å². The minimum atomic E-state index is 0.821. The molecule has 0 saturated heterocycles. The number of hydrogen-bond donors (Lipinski definition) is 0. The summed E-state index contributed by atoms with van der Waals surface area (Å²) >= 11 is 0. The summed E-state index contributed by atoms with van der Waals surface area (Å²) in [5.74, 6) is 0.983. The molecule has 0 spiro atoms. The number of hydrogen-bond acceptors (Lipinski definition) is 3. The monoisotopic (exact) mass is 302 g/mol. The second-order valence-corrected chi connectivity index (χ2v) is 5.85. The molecule has 2 aromatic heterocycles. The molecule has 0 amide bonds. The maximum absolute atomic E-state index is 4.85. The standard InChI is InChI=1S/C19H18N4/c1-14-12-18-20-19(22(2)13-15-8-4-3-5-9-15)16-10-6-7-11-17(16)23(18)21-14/h3-12H,13H2,1-2H3. The van der Waals surface area contributed by atoms with Gasteiger partial charge in [0.1, 0.15) is 5.82 Å². The Morgan fingerprint density at radius 2 is 1.74 bits per heavy atom.